The van der Waals surface area contributed by atoms with Crippen molar-refractivity contribution in [1.29, 1.82) is 0 Å². The lowest BCUT2D eigenvalue weighted by Gasteiger charge is -2.30. The number of piperidine rings is 1. The van der Waals surface area contributed by atoms with E-state index in [9.17, 15) is 14.4 Å². The van der Waals surface area contributed by atoms with E-state index in [1.165, 1.54) is 0 Å². The fourth-order valence-electron chi connectivity index (χ4n) is 2.68. The third-order valence-corrected chi connectivity index (χ3v) is 4.61. The van der Waals surface area contributed by atoms with Crippen molar-refractivity contribution in [1.82, 2.24) is 4.90 Å². The number of likely N-dealkylation sites (tertiary alicyclic amines) is 1. The maximum atomic E-state index is 12.1. The number of halogens is 1. The van der Waals surface area contributed by atoms with Crippen LogP contribution in [0.15, 0.2) is 28.7 Å². The van der Waals surface area contributed by atoms with E-state index in [-0.39, 0.29) is 30.8 Å². The Kier molecular flexibility index (Phi) is 7.43. The molecule has 0 radical (unpaired) electrons. The summed E-state index contributed by atoms with van der Waals surface area (Å²) in [5, 5.41) is 0. The zero-order chi connectivity index (χ0) is 18.2. The lowest BCUT2D eigenvalue weighted by Crippen LogP contribution is -2.42. The third kappa shape index (κ3) is 6.16. The zero-order valence-electron chi connectivity index (χ0n) is 14.2. The van der Waals surface area contributed by atoms with Crippen LogP contribution in [0.25, 0.3) is 0 Å². The van der Waals surface area contributed by atoms with Crippen LogP contribution in [0.5, 0.6) is 0 Å². The summed E-state index contributed by atoms with van der Waals surface area (Å²) in [6, 6.07) is 7.35. The minimum Gasteiger partial charge on any atom is -0.466 e. The molecule has 1 aliphatic heterocycles. The maximum Gasteiger partial charge on any atom is 0.310 e. The molecular formula is C18H22BrNO5. The summed E-state index contributed by atoms with van der Waals surface area (Å²) in [5.41, 5.74) is 0.830. The minimum atomic E-state index is -0.433. The van der Waals surface area contributed by atoms with Gasteiger partial charge >= 0.3 is 11.9 Å². The summed E-state index contributed by atoms with van der Waals surface area (Å²) in [4.78, 5) is 37.3. The fraction of sp³-hybridized carbons (Fsp3) is 0.500. The second kappa shape index (κ2) is 9.56. The molecule has 0 saturated carbocycles. The van der Waals surface area contributed by atoms with Gasteiger partial charge in [-0.2, -0.15) is 0 Å². The van der Waals surface area contributed by atoms with E-state index in [2.05, 4.69) is 15.9 Å². The summed E-state index contributed by atoms with van der Waals surface area (Å²) in [5.74, 6) is -1.01. The highest BCUT2D eigenvalue weighted by Crippen LogP contribution is 2.19. The van der Waals surface area contributed by atoms with Crippen molar-refractivity contribution in [2.45, 2.75) is 26.2 Å². The monoisotopic (exact) mass is 411 g/mol. The normalized spacial score (nSPS) is 14.9. The molecule has 0 bridgehead atoms. The smallest absolute Gasteiger partial charge is 0.310 e. The molecule has 1 aromatic rings. The van der Waals surface area contributed by atoms with E-state index in [4.69, 9.17) is 9.47 Å². The Balaban J connectivity index is 1.71. The SMILES string of the molecule is CCOC(=O)C1CCN(C(=O)COC(=O)Cc2ccc(Br)cc2)CC1. The Morgan fingerprint density at radius 3 is 2.36 bits per heavy atom. The van der Waals surface area contributed by atoms with Crippen LogP contribution in [0.2, 0.25) is 0 Å². The molecule has 2 rings (SSSR count). The maximum absolute atomic E-state index is 12.1. The molecule has 1 aromatic carbocycles. The average molecular weight is 412 g/mol. The van der Waals surface area contributed by atoms with Gasteiger partial charge in [0, 0.05) is 17.6 Å². The Morgan fingerprint density at radius 2 is 1.76 bits per heavy atom. The highest BCUT2D eigenvalue weighted by atomic mass is 79.9. The lowest BCUT2D eigenvalue weighted by atomic mass is 9.97. The molecule has 136 valence electrons. The number of carbonyl (C=O) groups is 3. The van der Waals surface area contributed by atoms with Gasteiger partial charge < -0.3 is 14.4 Å². The number of rotatable bonds is 6. The third-order valence-electron chi connectivity index (χ3n) is 4.09. The first-order chi connectivity index (χ1) is 12.0. The van der Waals surface area contributed by atoms with Crippen LogP contribution in [0.1, 0.15) is 25.3 Å². The highest BCUT2D eigenvalue weighted by Gasteiger charge is 2.28. The molecule has 6 nitrogen and oxygen atoms in total. The van der Waals surface area contributed by atoms with Gasteiger partial charge in [-0.1, -0.05) is 28.1 Å². The van der Waals surface area contributed by atoms with Gasteiger partial charge in [0.15, 0.2) is 6.61 Å². The van der Waals surface area contributed by atoms with E-state index >= 15 is 0 Å². The zero-order valence-corrected chi connectivity index (χ0v) is 15.8. The van der Waals surface area contributed by atoms with E-state index in [1.54, 1.807) is 11.8 Å². The summed E-state index contributed by atoms with van der Waals surface area (Å²) >= 11 is 3.33. The minimum absolute atomic E-state index is 0.130. The van der Waals surface area contributed by atoms with Crippen molar-refractivity contribution in [2.75, 3.05) is 26.3 Å². The topological polar surface area (TPSA) is 72.9 Å². The number of ether oxygens (including phenoxy) is 2. The number of benzene rings is 1. The van der Waals surface area contributed by atoms with Gasteiger partial charge in [0.1, 0.15) is 0 Å². The summed E-state index contributed by atoms with van der Waals surface area (Å²) in [6.07, 6.45) is 1.29. The Hall–Kier alpha value is -1.89. The molecule has 1 saturated heterocycles. The van der Waals surface area contributed by atoms with Crippen molar-refractivity contribution in [3.63, 3.8) is 0 Å². The molecule has 0 atom stereocenters. The molecule has 7 heteroatoms. The average Bonchev–Trinajstić information content (AvgIpc) is 2.62. The van der Waals surface area contributed by atoms with E-state index in [1.807, 2.05) is 24.3 Å². The summed E-state index contributed by atoms with van der Waals surface area (Å²) in [6.45, 7) is 2.84. The lowest BCUT2D eigenvalue weighted by molar-refractivity contribution is -0.154. The first-order valence-electron chi connectivity index (χ1n) is 8.34. The molecule has 1 aliphatic rings. The van der Waals surface area contributed by atoms with E-state index in [0.717, 1.165) is 10.0 Å². The van der Waals surface area contributed by atoms with Gasteiger partial charge in [-0.3, -0.25) is 14.4 Å². The Morgan fingerprint density at radius 1 is 1.12 bits per heavy atom. The van der Waals surface area contributed by atoms with Crippen LogP contribution in [0.4, 0.5) is 0 Å². The largest absolute Gasteiger partial charge is 0.466 e. The van der Waals surface area contributed by atoms with Crippen LogP contribution in [0, 0.1) is 5.92 Å². The Bertz CT molecular complexity index is 608. The van der Waals surface area contributed by atoms with Gasteiger partial charge in [-0.05, 0) is 37.5 Å². The van der Waals surface area contributed by atoms with Crippen molar-refractivity contribution in [3.8, 4) is 0 Å². The standard InChI is InChI=1S/C18H22BrNO5/c1-2-24-18(23)14-7-9-20(10-8-14)16(21)12-25-17(22)11-13-3-5-15(19)6-4-13/h3-6,14H,2,7-12H2,1H3. The number of amides is 1. The predicted octanol–water partition coefficient (Wildman–Crippen LogP) is 2.34. The number of carbonyl (C=O) groups excluding carboxylic acids is 3. The van der Waals surface area contributed by atoms with Gasteiger partial charge in [0.05, 0.1) is 18.9 Å². The van der Waals surface area contributed by atoms with Crippen molar-refractivity contribution in [2.24, 2.45) is 5.92 Å². The van der Waals surface area contributed by atoms with Gasteiger partial charge in [0.25, 0.3) is 5.91 Å². The second-order valence-corrected chi connectivity index (χ2v) is 6.79. The summed E-state index contributed by atoms with van der Waals surface area (Å²) in [7, 11) is 0. The van der Waals surface area contributed by atoms with Crippen LogP contribution in [-0.2, 0) is 30.3 Å². The molecule has 0 spiro atoms. The highest BCUT2D eigenvalue weighted by molar-refractivity contribution is 9.10. The molecule has 0 aliphatic carbocycles. The molecule has 0 aromatic heterocycles. The molecule has 0 N–H and O–H groups in total. The summed E-state index contributed by atoms with van der Waals surface area (Å²) < 4.78 is 11.0. The Labute approximate surface area is 155 Å². The number of nitrogens with zero attached hydrogens (tertiary/aromatic N) is 1. The van der Waals surface area contributed by atoms with Crippen LogP contribution >= 0.6 is 15.9 Å². The van der Waals surface area contributed by atoms with E-state index < -0.39 is 5.97 Å². The van der Waals surface area contributed by atoms with Crippen LogP contribution < -0.4 is 0 Å². The number of hydrogen-bond donors (Lipinski definition) is 0. The van der Waals surface area contributed by atoms with Gasteiger partial charge in [-0.25, -0.2) is 0 Å². The number of hydrogen-bond acceptors (Lipinski definition) is 5. The van der Waals surface area contributed by atoms with Crippen molar-refractivity contribution >= 4 is 33.8 Å². The molecule has 1 amide bonds. The molecular weight excluding hydrogens is 390 g/mol. The first-order valence-corrected chi connectivity index (χ1v) is 9.13. The molecule has 1 heterocycles. The number of esters is 2. The fourth-order valence-corrected chi connectivity index (χ4v) is 2.94. The van der Waals surface area contributed by atoms with E-state index in [0.29, 0.717) is 32.5 Å². The van der Waals surface area contributed by atoms with Crippen molar-refractivity contribution < 1.29 is 23.9 Å². The van der Waals surface area contributed by atoms with Crippen molar-refractivity contribution in [3.05, 3.63) is 34.3 Å². The molecule has 0 unspecified atom stereocenters. The van der Waals surface area contributed by atoms with Gasteiger partial charge in [-0.15, -0.1) is 0 Å². The van der Waals surface area contributed by atoms with Crippen LogP contribution in [-0.4, -0.2) is 49.0 Å². The first kappa shape index (κ1) is 19.4. The second-order valence-electron chi connectivity index (χ2n) is 5.87. The van der Waals surface area contributed by atoms with Crippen LogP contribution in [0.3, 0.4) is 0 Å². The quantitative estimate of drug-likeness (QED) is 0.671. The predicted molar refractivity (Wildman–Crippen MR) is 94.7 cm³/mol. The van der Waals surface area contributed by atoms with Gasteiger partial charge in [0.2, 0.25) is 0 Å². The molecule has 1 fully saturated rings. The molecule has 25 heavy (non-hydrogen) atoms.